The molecule has 3 amide bonds. The summed E-state index contributed by atoms with van der Waals surface area (Å²) in [6.07, 6.45) is 3.74. The molecule has 0 radical (unpaired) electrons. The summed E-state index contributed by atoms with van der Waals surface area (Å²) in [5.74, 6) is -0.00658. The van der Waals surface area contributed by atoms with Crippen LogP contribution in [0, 0.1) is 6.92 Å². The molecule has 6 nitrogen and oxygen atoms in total. The molecule has 0 spiro atoms. The molecule has 7 heteroatoms. The first-order chi connectivity index (χ1) is 10.5. The van der Waals surface area contributed by atoms with Gasteiger partial charge in [0.1, 0.15) is 11.0 Å². The minimum atomic E-state index is -0.328. The number of hydrogen-bond acceptors (Lipinski definition) is 4. The van der Waals surface area contributed by atoms with E-state index in [2.05, 4.69) is 15.6 Å². The molecule has 120 valence electrons. The van der Waals surface area contributed by atoms with E-state index in [-0.39, 0.29) is 24.0 Å². The predicted octanol–water partition coefficient (Wildman–Crippen LogP) is 1.97. The average molecular weight is 322 g/mol. The van der Waals surface area contributed by atoms with Crippen molar-refractivity contribution in [1.29, 1.82) is 0 Å². The maximum Gasteiger partial charge on any atom is 0.318 e. The summed E-state index contributed by atoms with van der Waals surface area (Å²) in [4.78, 5) is 30.7. The maximum absolute atomic E-state index is 12.5. The molecule has 1 aliphatic heterocycles. The van der Waals surface area contributed by atoms with Gasteiger partial charge in [0.25, 0.3) is 0 Å². The number of urea groups is 1. The van der Waals surface area contributed by atoms with Crippen LogP contribution in [0.5, 0.6) is 0 Å². The van der Waals surface area contributed by atoms with E-state index in [1.54, 1.807) is 16.2 Å². The SMILES string of the molecule is Cc1csc(C(C)NC(=O)N2CCCC2C(=O)NC2CC2)n1. The number of carbonyl (C=O) groups excluding carboxylic acids is 2. The Bertz CT molecular complexity index is 570. The van der Waals surface area contributed by atoms with E-state index in [4.69, 9.17) is 0 Å². The van der Waals surface area contributed by atoms with Gasteiger partial charge in [-0.25, -0.2) is 9.78 Å². The Hall–Kier alpha value is -1.63. The quantitative estimate of drug-likeness (QED) is 0.890. The molecule has 1 aromatic rings. The summed E-state index contributed by atoms with van der Waals surface area (Å²) in [5, 5.41) is 8.82. The van der Waals surface area contributed by atoms with Gasteiger partial charge in [0, 0.05) is 23.7 Å². The Morgan fingerprint density at radius 3 is 2.82 bits per heavy atom. The summed E-state index contributed by atoms with van der Waals surface area (Å²) in [6.45, 7) is 4.50. The first-order valence-corrected chi connectivity index (χ1v) is 8.72. The second kappa shape index (κ2) is 6.24. The standard InChI is InChI=1S/C15H22N4O2S/c1-9-8-22-14(16-9)10(2)17-15(21)19-7-3-4-12(19)13(20)18-11-5-6-11/h8,10-12H,3-7H2,1-2H3,(H,17,21)(H,18,20). The summed E-state index contributed by atoms with van der Waals surface area (Å²) < 4.78 is 0. The van der Waals surface area contributed by atoms with Crippen LogP contribution in [-0.4, -0.2) is 40.5 Å². The van der Waals surface area contributed by atoms with Crippen molar-refractivity contribution in [1.82, 2.24) is 20.5 Å². The number of nitrogens with zero attached hydrogens (tertiary/aromatic N) is 2. The van der Waals surface area contributed by atoms with Gasteiger partial charge < -0.3 is 15.5 Å². The van der Waals surface area contributed by atoms with E-state index in [0.29, 0.717) is 12.6 Å². The highest BCUT2D eigenvalue weighted by Crippen LogP contribution is 2.23. The second-order valence-electron chi connectivity index (χ2n) is 6.13. The third-order valence-corrected chi connectivity index (χ3v) is 5.23. The van der Waals surface area contributed by atoms with Crippen molar-refractivity contribution in [2.45, 2.75) is 57.7 Å². The first-order valence-electron chi connectivity index (χ1n) is 7.84. The van der Waals surface area contributed by atoms with Gasteiger partial charge in [-0.05, 0) is 39.5 Å². The van der Waals surface area contributed by atoms with Crippen LogP contribution < -0.4 is 10.6 Å². The smallest absolute Gasteiger partial charge is 0.318 e. The maximum atomic E-state index is 12.5. The number of carbonyl (C=O) groups is 2. The van der Waals surface area contributed by atoms with Crippen LogP contribution in [0.1, 0.15) is 49.4 Å². The van der Waals surface area contributed by atoms with Crippen LogP contribution in [0.25, 0.3) is 0 Å². The number of nitrogens with one attached hydrogen (secondary N) is 2. The van der Waals surface area contributed by atoms with Gasteiger partial charge in [-0.15, -0.1) is 11.3 Å². The summed E-state index contributed by atoms with van der Waals surface area (Å²) in [7, 11) is 0. The zero-order valence-electron chi connectivity index (χ0n) is 13.0. The van der Waals surface area contributed by atoms with E-state index in [9.17, 15) is 9.59 Å². The number of aromatic nitrogens is 1. The Morgan fingerprint density at radius 1 is 1.41 bits per heavy atom. The Labute approximate surface area is 134 Å². The summed E-state index contributed by atoms with van der Waals surface area (Å²) >= 11 is 1.54. The summed E-state index contributed by atoms with van der Waals surface area (Å²) in [5.41, 5.74) is 0.962. The summed E-state index contributed by atoms with van der Waals surface area (Å²) in [6, 6.07) is -0.311. The lowest BCUT2D eigenvalue weighted by molar-refractivity contribution is -0.124. The molecule has 2 heterocycles. The zero-order chi connectivity index (χ0) is 15.7. The van der Waals surface area contributed by atoms with Crippen molar-refractivity contribution in [3.63, 3.8) is 0 Å². The van der Waals surface area contributed by atoms with E-state index in [0.717, 1.165) is 36.4 Å². The second-order valence-corrected chi connectivity index (χ2v) is 7.02. The van der Waals surface area contributed by atoms with Crippen LogP contribution >= 0.6 is 11.3 Å². The predicted molar refractivity (Wildman–Crippen MR) is 84.7 cm³/mol. The third kappa shape index (κ3) is 3.40. The van der Waals surface area contributed by atoms with E-state index in [1.807, 2.05) is 19.2 Å². The fourth-order valence-electron chi connectivity index (χ4n) is 2.71. The number of rotatable bonds is 4. The minimum Gasteiger partial charge on any atom is -0.352 e. The van der Waals surface area contributed by atoms with Gasteiger partial charge in [-0.3, -0.25) is 4.79 Å². The minimum absolute atomic E-state index is 0.00658. The van der Waals surface area contributed by atoms with Crippen molar-refractivity contribution in [3.05, 3.63) is 16.1 Å². The number of aryl methyl sites for hydroxylation is 1. The molecule has 2 unspecified atom stereocenters. The number of likely N-dealkylation sites (tertiary alicyclic amines) is 1. The molecular weight excluding hydrogens is 300 g/mol. The number of hydrogen-bond donors (Lipinski definition) is 2. The van der Waals surface area contributed by atoms with Crippen molar-refractivity contribution in [2.75, 3.05) is 6.54 Å². The molecule has 1 aliphatic carbocycles. The molecule has 0 aromatic carbocycles. The fraction of sp³-hybridized carbons (Fsp3) is 0.667. The lowest BCUT2D eigenvalue weighted by Crippen LogP contribution is -2.50. The van der Waals surface area contributed by atoms with Gasteiger partial charge in [0.15, 0.2) is 0 Å². The molecule has 0 bridgehead atoms. The lowest BCUT2D eigenvalue weighted by Gasteiger charge is -2.25. The van der Waals surface area contributed by atoms with E-state index < -0.39 is 0 Å². The van der Waals surface area contributed by atoms with Crippen LogP contribution in [-0.2, 0) is 4.79 Å². The normalized spacial score (nSPS) is 22.5. The first kappa shape index (κ1) is 15.3. The highest BCUT2D eigenvalue weighted by Gasteiger charge is 2.36. The topological polar surface area (TPSA) is 74.3 Å². The van der Waals surface area contributed by atoms with Crippen molar-refractivity contribution < 1.29 is 9.59 Å². The van der Waals surface area contributed by atoms with Gasteiger partial charge >= 0.3 is 6.03 Å². The molecule has 1 saturated carbocycles. The fourth-order valence-corrected chi connectivity index (χ4v) is 3.51. The number of thiazole rings is 1. The van der Waals surface area contributed by atoms with Crippen molar-refractivity contribution in [3.8, 4) is 0 Å². The van der Waals surface area contributed by atoms with Crippen LogP contribution in [0.2, 0.25) is 0 Å². The van der Waals surface area contributed by atoms with Gasteiger partial charge in [0.2, 0.25) is 5.91 Å². The molecule has 2 fully saturated rings. The zero-order valence-corrected chi connectivity index (χ0v) is 13.8. The highest BCUT2D eigenvalue weighted by atomic mass is 32.1. The molecule has 1 aromatic heterocycles. The Morgan fingerprint density at radius 2 is 2.18 bits per heavy atom. The van der Waals surface area contributed by atoms with E-state index in [1.165, 1.54) is 0 Å². The average Bonchev–Trinajstić information content (AvgIpc) is 3.00. The molecule has 3 rings (SSSR count). The lowest BCUT2D eigenvalue weighted by atomic mass is 10.2. The monoisotopic (exact) mass is 322 g/mol. The highest BCUT2D eigenvalue weighted by molar-refractivity contribution is 7.09. The van der Waals surface area contributed by atoms with Crippen LogP contribution in [0.4, 0.5) is 4.79 Å². The van der Waals surface area contributed by atoms with Crippen LogP contribution in [0.15, 0.2) is 5.38 Å². The third-order valence-electron chi connectivity index (χ3n) is 4.09. The Balaban J connectivity index is 1.59. The Kier molecular flexibility index (Phi) is 4.33. The molecular formula is C15H22N4O2S. The van der Waals surface area contributed by atoms with E-state index >= 15 is 0 Å². The van der Waals surface area contributed by atoms with Gasteiger partial charge in [-0.2, -0.15) is 0 Å². The van der Waals surface area contributed by atoms with Gasteiger partial charge in [-0.1, -0.05) is 0 Å². The molecule has 2 N–H and O–H groups in total. The molecule has 22 heavy (non-hydrogen) atoms. The number of amides is 3. The largest absolute Gasteiger partial charge is 0.352 e. The van der Waals surface area contributed by atoms with Gasteiger partial charge in [0.05, 0.1) is 6.04 Å². The molecule has 1 saturated heterocycles. The molecule has 2 aliphatic rings. The van der Waals surface area contributed by atoms with Crippen molar-refractivity contribution >= 4 is 23.3 Å². The molecule has 2 atom stereocenters. The van der Waals surface area contributed by atoms with Crippen LogP contribution in [0.3, 0.4) is 0 Å². The van der Waals surface area contributed by atoms with Crippen molar-refractivity contribution in [2.24, 2.45) is 0 Å².